The second-order valence-corrected chi connectivity index (χ2v) is 12.8. The lowest BCUT2D eigenvalue weighted by molar-refractivity contribution is 0.482. The molecule has 5 nitrogen and oxygen atoms in total. The molecule has 9 rings (SSSR count). The van der Waals surface area contributed by atoms with Crippen molar-refractivity contribution in [2.24, 2.45) is 0 Å². The normalized spacial score (nSPS) is 13.3. The molecule has 1 aliphatic heterocycles. The number of nitrogens with zero attached hydrogens (tertiary/aromatic N) is 4. The number of fused-ring (bicyclic) bond motifs is 5. The lowest BCUT2D eigenvalue weighted by Crippen LogP contribution is -2.30. The van der Waals surface area contributed by atoms with Crippen molar-refractivity contribution in [3.63, 3.8) is 0 Å². The Morgan fingerprint density at radius 3 is 2.15 bits per heavy atom. The fraction of sp³-hybridized carbons (Fsp3) is 0.0698. The second-order valence-electron chi connectivity index (χ2n) is 12.8. The van der Waals surface area contributed by atoms with E-state index in [4.69, 9.17) is 9.72 Å². The van der Waals surface area contributed by atoms with Gasteiger partial charge in [-0.15, -0.1) is 0 Å². The van der Waals surface area contributed by atoms with Crippen LogP contribution in [0, 0.1) is 0 Å². The minimum Gasteiger partial charge on any atom is -0.457 e. The lowest BCUT2D eigenvalue weighted by Gasteiger charge is -2.42. The number of rotatable bonds is 5. The second kappa shape index (κ2) is 11.0. The maximum absolute atomic E-state index is 6.47. The van der Waals surface area contributed by atoms with Crippen molar-refractivity contribution in [2.75, 3.05) is 4.90 Å². The molecule has 0 N–H and O–H groups in total. The van der Waals surface area contributed by atoms with Gasteiger partial charge in [-0.2, -0.15) is 0 Å². The van der Waals surface area contributed by atoms with E-state index in [1.54, 1.807) is 0 Å². The van der Waals surface area contributed by atoms with E-state index < -0.39 is 0 Å². The minimum atomic E-state index is -0.209. The zero-order chi connectivity index (χ0) is 32.2. The van der Waals surface area contributed by atoms with Crippen molar-refractivity contribution in [3.05, 3.63) is 169 Å². The van der Waals surface area contributed by atoms with Gasteiger partial charge in [-0.1, -0.05) is 74.5 Å². The Bertz CT molecular complexity index is 2470. The first-order valence-electron chi connectivity index (χ1n) is 16.2. The molecule has 230 valence electrons. The van der Waals surface area contributed by atoms with E-state index in [-0.39, 0.29) is 5.41 Å². The Morgan fingerprint density at radius 1 is 0.542 bits per heavy atom. The molecule has 48 heavy (non-hydrogen) atoms. The summed E-state index contributed by atoms with van der Waals surface area (Å²) >= 11 is 0. The number of anilines is 3. The fourth-order valence-electron chi connectivity index (χ4n) is 7.23. The summed E-state index contributed by atoms with van der Waals surface area (Å²) in [6.07, 6.45) is 3.68. The van der Waals surface area contributed by atoms with E-state index in [1.807, 2.05) is 67.0 Å². The van der Waals surface area contributed by atoms with Crippen LogP contribution in [-0.2, 0) is 5.41 Å². The molecular formula is C43H32N4O. The SMILES string of the molecule is CC1(C)c2ccccc2N(c2ccccc2)c2cc3c(cc21)c1cccnc1n3-c1cccc(Oc2cccc(-c3ccccn3)c2)c1. The van der Waals surface area contributed by atoms with Gasteiger partial charge < -0.3 is 9.64 Å². The molecule has 1 aliphatic rings. The number of para-hydroxylation sites is 2. The molecule has 3 aromatic heterocycles. The predicted molar refractivity (Wildman–Crippen MR) is 195 cm³/mol. The third kappa shape index (κ3) is 4.47. The van der Waals surface area contributed by atoms with Crippen LogP contribution in [0.3, 0.4) is 0 Å². The highest BCUT2D eigenvalue weighted by molar-refractivity contribution is 6.10. The Balaban J connectivity index is 1.22. The minimum absolute atomic E-state index is 0.209. The first-order valence-corrected chi connectivity index (χ1v) is 16.2. The van der Waals surface area contributed by atoms with Gasteiger partial charge in [0.05, 0.1) is 28.3 Å². The van der Waals surface area contributed by atoms with Crippen molar-refractivity contribution < 1.29 is 4.74 Å². The summed E-state index contributed by atoms with van der Waals surface area (Å²) in [4.78, 5) is 11.8. The molecule has 0 atom stereocenters. The van der Waals surface area contributed by atoms with Crippen LogP contribution in [0.25, 0.3) is 38.9 Å². The van der Waals surface area contributed by atoms with E-state index in [1.165, 1.54) is 27.9 Å². The number of pyridine rings is 2. The van der Waals surface area contributed by atoms with Gasteiger partial charge in [-0.05, 0) is 90.0 Å². The van der Waals surface area contributed by atoms with Crippen molar-refractivity contribution in [1.82, 2.24) is 14.5 Å². The topological polar surface area (TPSA) is 43.2 Å². The van der Waals surface area contributed by atoms with Crippen LogP contribution in [0.4, 0.5) is 17.1 Å². The highest BCUT2D eigenvalue weighted by Gasteiger charge is 2.37. The summed E-state index contributed by atoms with van der Waals surface area (Å²) in [6, 6.07) is 50.6. The third-order valence-electron chi connectivity index (χ3n) is 9.50. The van der Waals surface area contributed by atoms with Gasteiger partial charge in [0.15, 0.2) is 0 Å². The molecule has 0 fully saturated rings. The average Bonchev–Trinajstić information content (AvgIpc) is 3.46. The van der Waals surface area contributed by atoms with Crippen LogP contribution in [0.2, 0.25) is 0 Å². The van der Waals surface area contributed by atoms with E-state index in [9.17, 15) is 0 Å². The summed E-state index contributed by atoms with van der Waals surface area (Å²) < 4.78 is 8.73. The first kappa shape index (κ1) is 28.1. The molecule has 0 unspecified atom stereocenters. The molecule has 0 saturated carbocycles. The summed E-state index contributed by atoms with van der Waals surface area (Å²) in [5, 5.41) is 2.29. The zero-order valence-corrected chi connectivity index (χ0v) is 26.7. The van der Waals surface area contributed by atoms with Crippen LogP contribution in [0.5, 0.6) is 11.5 Å². The number of hydrogen-bond acceptors (Lipinski definition) is 4. The van der Waals surface area contributed by atoms with Crippen LogP contribution in [-0.4, -0.2) is 14.5 Å². The average molecular weight is 621 g/mol. The highest BCUT2D eigenvalue weighted by Crippen LogP contribution is 2.53. The molecule has 4 heterocycles. The molecule has 0 saturated heterocycles. The third-order valence-corrected chi connectivity index (χ3v) is 9.50. The van der Waals surface area contributed by atoms with Gasteiger partial charge in [-0.25, -0.2) is 4.98 Å². The van der Waals surface area contributed by atoms with Crippen molar-refractivity contribution in [1.29, 1.82) is 0 Å². The van der Waals surface area contributed by atoms with Crippen LogP contribution in [0.1, 0.15) is 25.0 Å². The maximum Gasteiger partial charge on any atom is 0.145 e. The number of hydrogen-bond donors (Lipinski definition) is 0. The number of aromatic nitrogens is 3. The van der Waals surface area contributed by atoms with Gasteiger partial charge in [0, 0.05) is 45.9 Å². The Hall–Kier alpha value is -6.20. The smallest absolute Gasteiger partial charge is 0.145 e. The van der Waals surface area contributed by atoms with Crippen molar-refractivity contribution in [3.8, 4) is 28.4 Å². The summed E-state index contributed by atoms with van der Waals surface area (Å²) in [5.74, 6) is 1.50. The quantitative estimate of drug-likeness (QED) is 0.192. The molecular weight excluding hydrogens is 589 g/mol. The Labute approximate surface area is 279 Å². The first-order chi connectivity index (χ1) is 23.6. The van der Waals surface area contributed by atoms with Gasteiger partial charge in [-0.3, -0.25) is 9.55 Å². The molecule has 5 heteroatoms. The Kier molecular flexibility index (Phi) is 6.40. The van der Waals surface area contributed by atoms with E-state index in [0.717, 1.165) is 50.7 Å². The summed E-state index contributed by atoms with van der Waals surface area (Å²) in [5.41, 5.74) is 10.8. The monoisotopic (exact) mass is 620 g/mol. The van der Waals surface area contributed by atoms with Gasteiger partial charge >= 0.3 is 0 Å². The van der Waals surface area contributed by atoms with E-state index in [2.05, 4.69) is 119 Å². The maximum atomic E-state index is 6.47. The van der Waals surface area contributed by atoms with Gasteiger partial charge in [0.1, 0.15) is 17.1 Å². The van der Waals surface area contributed by atoms with Crippen molar-refractivity contribution in [2.45, 2.75) is 19.3 Å². The zero-order valence-electron chi connectivity index (χ0n) is 26.7. The highest BCUT2D eigenvalue weighted by atomic mass is 16.5. The molecule has 5 aromatic carbocycles. The molecule has 0 aliphatic carbocycles. The van der Waals surface area contributed by atoms with Gasteiger partial charge in [0.2, 0.25) is 0 Å². The lowest BCUT2D eigenvalue weighted by atomic mass is 9.73. The van der Waals surface area contributed by atoms with Crippen LogP contribution in [0.15, 0.2) is 158 Å². The largest absolute Gasteiger partial charge is 0.457 e. The molecule has 0 bridgehead atoms. The van der Waals surface area contributed by atoms with Crippen LogP contribution < -0.4 is 9.64 Å². The summed E-state index contributed by atoms with van der Waals surface area (Å²) in [7, 11) is 0. The van der Waals surface area contributed by atoms with E-state index >= 15 is 0 Å². The Morgan fingerprint density at radius 2 is 1.29 bits per heavy atom. The standard InChI is InChI=1S/C43H32N4O/c1-43(2)36-20-6-7-22-39(36)46(30-14-4-3-5-15-30)41-28-40-35(27-37(41)43)34-19-12-24-45-42(34)47(40)31-16-11-18-33(26-31)48-32-17-10-13-29(25-32)38-21-8-9-23-44-38/h3-28H,1-2H3. The molecule has 8 aromatic rings. The number of ether oxygens (including phenoxy) is 1. The van der Waals surface area contributed by atoms with E-state index in [0.29, 0.717) is 0 Å². The fourth-order valence-corrected chi connectivity index (χ4v) is 7.23. The summed E-state index contributed by atoms with van der Waals surface area (Å²) in [6.45, 7) is 4.67. The van der Waals surface area contributed by atoms with Crippen LogP contribution >= 0.6 is 0 Å². The molecule has 0 radical (unpaired) electrons. The van der Waals surface area contributed by atoms with Gasteiger partial charge in [0.25, 0.3) is 0 Å². The molecule has 0 amide bonds. The molecule has 0 spiro atoms. The predicted octanol–water partition coefficient (Wildman–Crippen LogP) is 11.1. The number of benzene rings is 5. The van der Waals surface area contributed by atoms with Crippen molar-refractivity contribution >= 4 is 39.0 Å².